The number of hydrogen-bond acceptors (Lipinski definition) is 4. The van der Waals surface area contributed by atoms with Crippen LogP contribution < -0.4 is 5.32 Å². The number of allylic oxidation sites excluding steroid dienone is 3. The van der Waals surface area contributed by atoms with Gasteiger partial charge in [0, 0.05) is 11.3 Å². The number of nitrogens with zero attached hydrogens (tertiary/aromatic N) is 1. The van der Waals surface area contributed by atoms with E-state index in [9.17, 15) is 33.1 Å². The van der Waals surface area contributed by atoms with Crippen LogP contribution in [0.25, 0.3) is 0 Å². The zero-order valence-electron chi connectivity index (χ0n) is 25.5. The predicted molar refractivity (Wildman–Crippen MR) is 149 cm³/mol. The van der Waals surface area contributed by atoms with E-state index in [0.717, 1.165) is 24.8 Å². The zero-order chi connectivity index (χ0) is 30.6. The van der Waals surface area contributed by atoms with Crippen molar-refractivity contribution in [2.75, 3.05) is 6.54 Å². The van der Waals surface area contributed by atoms with Crippen LogP contribution >= 0.6 is 0 Å². The van der Waals surface area contributed by atoms with E-state index in [1.165, 1.54) is 0 Å². The Morgan fingerprint density at radius 1 is 1.07 bits per heavy atom. The fourth-order valence-corrected chi connectivity index (χ4v) is 10.6. The van der Waals surface area contributed by atoms with E-state index in [2.05, 4.69) is 46.0 Å². The van der Waals surface area contributed by atoms with Gasteiger partial charge >= 0.3 is 6.18 Å². The van der Waals surface area contributed by atoms with Crippen LogP contribution in [0.15, 0.2) is 23.3 Å². The molecular formula is C33H45F3N2O3. The number of carbonyl (C=O) groups is 2. The Kier molecular flexibility index (Phi) is 6.61. The van der Waals surface area contributed by atoms with Crippen LogP contribution in [0.5, 0.6) is 0 Å². The lowest BCUT2D eigenvalue weighted by atomic mass is 9.34. The van der Waals surface area contributed by atoms with Gasteiger partial charge < -0.3 is 10.4 Å². The van der Waals surface area contributed by atoms with Crippen molar-refractivity contribution in [1.82, 2.24) is 5.32 Å². The molecule has 1 amide bonds. The van der Waals surface area contributed by atoms with E-state index >= 15 is 0 Å². The lowest BCUT2D eigenvalue weighted by Crippen LogP contribution is -2.66. The molecule has 0 saturated heterocycles. The highest BCUT2D eigenvalue weighted by Crippen LogP contribution is 2.74. The Morgan fingerprint density at radius 3 is 2.32 bits per heavy atom. The fraction of sp³-hybridized carbons (Fsp3) is 0.788. The molecule has 4 unspecified atom stereocenters. The summed E-state index contributed by atoms with van der Waals surface area (Å²) < 4.78 is 39.4. The molecule has 5 aliphatic carbocycles. The largest absolute Gasteiger partial charge is 0.405 e. The lowest BCUT2D eigenvalue weighted by Gasteiger charge is -2.69. The third kappa shape index (κ3) is 4.11. The number of amides is 1. The maximum atomic E-state index is 14.4. The van der Waals surface area contributed by atoms with E-state index in [4.69, 9.17) is 0 Å². The van der Waals surface area contributed by atoms with Crippen molar-refractivity contribution in [2.45, 2.75) is 106 Å². The van der Waals surface area contributed by atoms with Gasteiger partial charge in [-0.3, -0.25) is 9.59 Å². The van der Waals surface area contributed by atoms with Crippen LogP contribution in [-0.4, -0.2) is 35.6 Å². The van der Waals surface area contributed by atoms with Crippen LogP contribution in [0.4, 0.5) is 13.2 Å². The summed E-state index contributed by atoms with van der Waals surface area (Å²) in [5.41, 5.74) is -1.90. The first-order valence-electron chi connectivity index (χ1n) is 15.1. The maximum absolute atomic E-state index is 14.4. The van der Waals surface area contributed by atoms with E-state index in [0.29, 0.717) is 31.3 Å². The third-order valence-electron chi connectivity index (χ3n) is 13.0. The molecule has 226 valence electrons. The molecule has 8 atom stereocenters. The highest BCUT2D eigenvalue weighted by Gasteiger charge is 2.70. The van der Waals surface area contributed by atoms with Crippen molar-refractivity contribution in [3.05, 3.63) is 23.3 Å². The van der Waals surface area contributed by atoms with Gasteiger partial charge in [0.05, 0.1) is 23.2 Å². The summed E-state index contributed by atoms with van der Waals surface area (Å²) in [6.07, 6.45) is 2.72. The lowest BCUT2D eigenvalue weighted by molar-refractivity contribution is -0.182. The number of aliphatic hydroxyl groups excluding tert-OH is 1. The van der Waals surface area contributed by atoms with Gasteiger partial charge in [0.25, 0.3) is 0 Å². The molecule has 0 bridgehead atoms. The first-order chi connectivity index (χ1) is 18.7. The summed E-state index contributed by atoms with van der Waals surface area (Å²) in [6.45, 7) is 13.4. The first-order valence-corrected chi connectivity index (χ1v) is 15.1. The molecule has 5 nitrogen and oxygen atoms in total. The number of aliphatic hydroxyl groups is 1. The van der Waals surface area contributed by atoms with Gasteiger partial charge in [0.15, 0.2) is 5.78 Å². The molecule has 2 N–H and O–H groups in total. The van der Waals surface area contributed by atoms with Crippen molar-refractivity contribution >= 4 is 11.7 Å². The summed E-state index contributed by atoms with van der Waals surface area (Å²) >= 11 is 0. The number of rotatable bonds is 2. The Bertz CT molecular complexity index is 1280. The summed E-state index contributed by atoms with van der Waals surface area (Å²) in [7, 11) is 0. The Hall–Kier alpha value is -2.14. The average Bonchev–Trinajstić information content (AvgIpc) is 2.85. The van der Waals surface area contributed by atoms with Crippen molar-refractivity contribution in [3.8, 4) is 6.07 Å². The van der Waals surface area contributed by atoms with Crippen LogP contribution in [-0.2, 0) is 9.59 Å². The van der Waals surface area contributed by atoms with Crippen molar-refractivity contribution in [2.24, 2.45) is 50.2 Å². The van der Waals surface area contributed by atoms with Gasteiger partial charge in [-0.05, 0) is 84.5 Å². The minimum Gasteiger partial charge on any atom is -0.387 e. The molecule has 3 saturated carbocycles. The quantitative estimate of drug-likeness (QED) is 0.385. The Labute approximate surface area is 242 Å². The van der Waals surface area contributed by atoms with Gasteiger partial charge in [-0.15, -0.1) is 0 Å². The van der Waals surface area contributed by atoms with E-state index in [1.807, 2.05) is 19.9 Å². The van der Waals surface area contributed by atoms with Gasteiger partial charge in [-0.2, -0.15) is 18.4 Å². The van der Waals surface area contributed by atoms with Crippen molar-refractivity contribution in [3.63, 3.8) is 0 Å². The molecule has 8 heteroatoms. The molecule has 5 aliphatic rings. The van der Waals surface area contributed by atoms with Crippen molar-refractivity contribution < 1.29 is 27.9 Å². The number of alkyl halides is 3. The molecular weight excluding hydrogens is 529 g/mol. The van der Waals surface area contributed by atoms with E-state index < -0.39 is 57.7 Å². The summed E-state index contributed by atoms with van der Waals surface area (Å²) in [5, 5.41) is 23.2. The maximum Gasteiger partial charge on any atom is 0.405 e. The van der Waals surface area contributed by atoms with Gasteiger partial charge in [-0.1, -0.05) is 60.1 Å². The second-order valence-electron chi connectivity index (χ2n) is 15.9. The minimum absolute atomic E-state index is 0.0267. The summed E-state index contributed by atoms with van der Waals surface area (Å²) in [6, 6.07) is 2.21. The molecule has 0 aromatic carbocycles. The molecule has 0 spiro atoms. The molecule has 0 aliphatic heterocycles. The first kappa shape index (κ1) is 30.3. The number of fused-ring (bicyclic) bond motifs is 7. The highest BCUT2D eigenvalue weighted by atomic mass is 19.4. The molecule has 0 aromatic rings. The van der Waals surface area contributed by atoms with E-state index in [1.54, 1.807) is 6.08 Å². The minimum atomic E-state index is -4.50. The number of halogens is 3. The number of nitriles is 1. The molecule has 41 heavy (non-hydrogen) atoms. The molecule has 0 aromatic heterocycles. The second-order valence-corrected chi connectivity index (χ2v) is 15.9. The molecule has 0 heterocycles. The van der Waals surface area contributed by atoms with Gasteiger partial charge in [-0.25, -0.2) is 0 Å². The van der Waals surface area contributed by atoms with Crippen LogP contribution in [0, 0.1) is 61.6 Å². The topological polar surface area (TPSA) is 90.2 Å². The van der Waals surface area contributed by atoms with Crippen LogP contribution in [0.1, 0.15) is 93.4 Å². The molecule has 5 rings (SSSR count). The third-order valence-corrected chi connectivity index (χ3v) is 13.0. The Balaban J connectivity index is 1.64. The van der Waals surface area contributed by atoms with Crippen molar-refractivity contribution in [1.29, 1.82) is 5.26 Å². The monoisotopic (exact) mass is 574 g/mol. The molecule has 3 fully saturated rings. The standard InChI is InChI=1S/C33H45F3N2O3/c1-27(2)10-12-32(26(41)38-18-33(34,35)36)13-11-31(7)24(20(32)16-27)21(39)14-23-29(5)15-19(17-37)25(40)28(3,4)22(29)8-9-30(23,31)6/h14-15,20,22,24-25,40H,8-13,16,18H2,1-7H3,(H,38,41)/t20?,22?,24?,25?,29-,30+,31+,32-/m0/s1. The second kappa shape index (κ2) is 8.94. The SMILES string of the molecule is CC1(C)CC[C@]2(C(=O)NCC(F)(F)F)CC[C@]3(C)C(C(=O)C=C4[C@@]5(C)C=C(C#N)C(O)C(C)(C)C5CC[C@]43C)C2C1. The Morgan fingerprint density at radius 2 is 1.71 bits per heavy atom. The number of ketones is 1. The van der Waals surface area contributed by atoms with E-state index in [-0.39, 0.29) is 23.0 Å². The van der Waals surface area contributed by atoms with Gasteiger partial charge in [0.1, 0.15) is 6.54 Å². The van der Waals surface area contributed by atoms with Crippen LogP contribution in [0.3, 0.4) is 0 Å². The number of carbonyl (C=O) groups excluding carboxylic acids is 2. The van der Waals surface area contributed by atoms with Gasteiger partial charge in [0.2, 0.25) is 5.91 Å². The number of nitrogens with one attached hydrogen (secondary N) is 1. The highest BCUT2D eigenvalue weighted by molar-refractivity contribution is 5.96. The fourth-order valence-electron chi connectivity index (χ4n) is 10.6. The van der Waals surface area contributed by atoms with Crippen LogP contribution in [0.2, 0.25) is 0 Å². The zero-order valence-corrected chi connectivity index (χ0v) is 25.5. The predicted octanol–water partition coefficient (Wildman–Crippen LogP) is 6.68. The summed E-state index contributed by atoms with van der Waals surface area (Å²) in [5.74, 6) is -1.43. The average molecular weight is 575 g/mol. The smallest absolute Gasteiger partial charge is 0.387 e. The normalized spacial score (nSPS) is 44.6. The number of hydrogen-bond donors (Lipinski definition) is 2. The molecule has 0 radical (unpaired) electrons. The summed E-state index contributed by atoms with van der Waals surface area (Å²) in [4.78, 5) is 28.1.